The van der Waals surface area contributed by atoms with Crippen molar-refractivity contribution in [2.24, 2.45) is 5.16 Å². The average molecular weight is 332 g/mol. The summed E-state index contributed by atoms with van der Waals surface area (Å²) in [5.74, 6) is 0.301. The Kier molecular flexibility index (Phi) is 6.13. The van der Waals surface area contributed by atoms with Crippen LogP contribution in [-0.4, -0.2) is 32.9 Å². The zero-order valence-corrected chi connectivity index (χ0v) is 13.3. The Morgan fingerprint density at radius 1 is 1.17 bits per heavy atom. The first-order valence-electron chi connectivity index (χ1n) is 7.05. The highest BCUT2D eigenvalue weighted by molar-refractivity contribution is 5.92. The van der Waals surface area contributed by atoms with Gasteiger partial charge in [-0.1, -0.05) is 17.3 Å². The fourth-order valence-corrected chi connectivity index (χ4v) is 1.89. The SMILES string of the molecule is COc1ccc(NC(=O)CO/N=C\c2cccc(F)c2)cc1OC. The van der Waals surface area contributed by atoms with E-state index in [4.69, 9.17) is 14.3 Å². The van der Waals surface area contributed by atoms with E-state index >= 15 is 0 Å². The van der Waals surface area contributed by atoms with Gasteiger partial charge in [-0.05, 0) is 29.8 Å². The van der Waals surface area contributed by atoms with Crippen LogP contribution in [0.4, 0.5) is 10.1 Å². The zero-order valence-electron chi connectivity index (χ0n) is 13.3. The van der Waals surface area contributed by atoms with Gasteiger partial charge >= 0.3 is 0 Å². The van der Waals surface area contributed by atoms with Crippen molar-refractivity contribution in [2.75, 3.05) is 26.1 Å². The van der Waals surface area contributed by atoms with E-state index in [1.54, 1.807) is 30.3 Å². The second-order valence-electron chi connectivity index (χ2n) is 4.68. The summed E-state index contributed by atoms with van der Waals surface area (Å²) in [6, 6.07) is 10.8. The minimum atomic E-state index is -0.390. The third-order valence-electron chi connectivity index (χ3n) is 2.99. The molecule has 0 saturated heterocycles. The molecule has 0 atom stereocenters. The normalized spacial score (nSPS) is 10.5. The van der Waals surface area contributed by atoms with Crippen LogP contribution in [0.3, 0.4) is 0 Å². The number of rotatable bonds is 7. The van der Waals surface area contributed by atoms with Gasteiger partial charge in [-0.3, -0.25) is 4.79 Å². The highest BCUT2D eigenvalue weighted by Gasteiger charge is 2.07. The van der Waals surface area contributed by atoms with Crippen LogP contribution in [-0.2, 0) is 9.63 Å². The number of benzene rings is 2. The van der Waals surface area contributed by atoms with E-state index in [-0.39, 0.29) is 12.4 Å². The Balaban J connectivity index is 1.85. The molecule has 2 aromatic rings. The summed E-state index contributed by atoms with van der Waals surface area (Å²) in [5, 5.41) is 6.27. The maximum atomic E-state index is 13.0. The van der Waals surface area contributed by atoms with Gasteiger partial charge in [0.25, 0.3) is 5.91 Å². The molecule has 24 heavy (non-hydrogen) atoms. The van der Waals surface area contributed by atoms with E-state index in [0.717, 1.165) is 0 Å². The number of methoxy groups -OCH3 is 2. The van der Waals surface area contributed by atoms with Crippen LogP contribution in [0.1, 0.15) is 5.56 Å². The molecule has 7 heteroatoms. The molecule has 0 bridgehead atoms. The molecule has 0 heterocycles. The Morgan fingerprint density at radius 3 is 2.67 bits per heavy atom. The van der Waals surface area contributed by atoms with Crippen molar-refractivity contribution in [2.45, 2.75) is 0 Å². The standard InChI is InChI=1S/C17H17FN2O4/c1-22-15-7-6-14(9-16(15)23-2)20-17(21)11-24-19-10-12-4-3-5-13(18)8-12/h3-10H,11H2,1-2H3,(H,20,21)/b19-10-. The van der Waals surface area contributed by atoms with Crippen LogP contribution >= 0.6 is 0 Å². The van der Waals surface area contributed by atoms with Gasteiger partial charge in [0.15, 0.2) is 18.1 Å². The van der Waals surface area contributed by atoms with Crippen molar-refractivity contribution >= 4 is 17.8 Å². The number of hydrogen-bond donors (Lipinski definition) is 1. The molecular weight excluding hydrogens is 315 g/mol. The first-order chi connectivity index (χ1) is 11.6. The van der Waals surface area contributed by atoms with Gasteiger partial charge in [0.05, 0.1) is 20.4 Å². The topological polar surface area (TPSA) is 69.2 Å². The molecule has 0 fully saturated rings. The van der Waals surface area contributed by atoms with Crippen molar-refractivity contribution in [3.63, 3.8) is 0 Å². The second kappa shape index (κ2) is 8.52. The fraction of sp³-hybridized carbons (Fsp3) is 0.176. The van der Waals surface area contributed by atoms with Crippen LogP contribution in [0.2, 0.25) is 0 Å². The van der Waals surface area contributed by atoms with Gasteiger partial charge in [0, 0.05) is 11.8 Å². The highest BCUT2D eigenvalue weighted by Crippen LogP contribution is 2.29. The Labute approximate surface area is 138 Å². The summed E-state index contributed by atoms with van der Waals surface area (Å²) < 4.78 is 23.2. The Morgan fingerprint density at radius 2 is 1.96 bits per heavy atom. The van der Waals surface area contributed by atoms with Crippen LogP contribution in [0.25, 0.3) is 0 Å². The molecule has 0 aliphatic heterocycles. The summed E-state index contributed by atoms with van der Waals surface area (Å²) in [4.78, 5) is 16.7. The van der Waals surface area contributed by atoms with Crippen molar-refractivity contribution in [3.05, 3.63) is 53.8 Å². The van der Waals surface area contributed by atoms with Crippen molar-refractivity contribution in [1.29, 1.82) is 0 Å². The van der Waals surface area contributed by atoms with E-state index in [1.807, 2.05) is 0 Å². The number of amides is 1. The minimum absolute atomic E-state index is 0.278. The number of carbonyl (C=O) groups excluding carboxylic acids is 1. The first-order valence-corrected chi connectivity index (χ1v) is 7.05. The zero-order chi connectivity index (χ0) is 17.4. The van der Waals surface area contributed by atoms with Crippen LogP contribution < -0.4 is 14.8 Å². The molecule has 2 aromatic carbocycles. The number of ether oxygens (including phenoxy) is 2. The lowest BCUT2D eigenvalue weighted by atomic mass is 10.2. The maximum Gasteiger partial charge on any atom is 0.265 e. The van der Waals surface area contributed by atoms with Gasteiger partial charge in [0.2, 0.25) is 0 Å². The number of hydrogen-bond acceptors (Lipinski definition) is 5. The number of nitrogens with one attached hydrogen (secondary N) is 1. The molecule has 0 aromatic heterocycles. The lowest BCUT2D eigenvalue weighted by Crippen LogP contribution is -2.17. The average Bonchev–Trinajstić information content (AvgIpc) is 2.58. The predicted molar refractivity (Wildman–Crippen MR) is 88.1 cm³/mol. The van der Waals surface area contributed by atoms with E-state index in [1.165, 1.54) is 32.6 Å². The van der Waals surface area contributed by atoms with Crippen LogP contribution in [0.5, 0.6) is 11.5 Å². The lowest BCUT2D eigenvalue weighted by molar-refractivity contribution is -0.120. The molecule has 0 unspecified atom stereocenters. The molecule has 1 N–H and O–H groups in total. The molecule has 0 spiro atoms. The van der Waals surface area contributed by atoms with Gasteiger partial charge in [-0.2, -0.15) is 0 Å². The lowest BCUT2D eigenvalue weighted by Gasteiger charge is -2.10. The van der Waals surface area contributed by atoms with Crippen molar-refractivity contribution in [3.8, 4) is 11.5 Å². The quantitative estimate of drug-likeness (QED) is 0.625. The number of nitrogens with zero attached hydrogens (tertiary/aromatic N) is 1. The molecule has 0 radical (unpaired) electrons. The molecule has 2 rings (SSSR count). The summed E-state index contributed by atoms with van der Waals surface area (Å²) >= 11 is 0. The molecular formula is C17H17FN2O4. The third-order valence-corrected chi connectivity index (χ3v) is 2.99. The van der Waals surface area contributed by atoms with Crippen LogP contribution in [0.15, 0.2) is 47.6 Å². The number of oxime groups is 1. The van der Waals surface area contributed by atoms with E-state index < -0.39 is 5.91 Å². The monoisotopic (exact) mass is 332 g/mol. The number of anilines is 1. The van der Waals surface area contributed by atoms with Gasteiger partial charge in [-0.15, -0.1) is 0 Å². The molecule has 126 valence electrons. The second-order valence-corrected chi connectivity index (χ2v) is 4.68. The smallest absolute Gasteiger partial charge is 0.265 e. The summed E-state index contributed by atoms with van der Waals surface area (Å²) in [6.45, 7) is -0.278. The van der Waals surface area contributed by atoms with Crippen molar-refractivity contribution < 1.29 is 23.5 Å². The number of halogens is 1. The third kappa shape index (κ3) is 4.98. The Bertz CT molecular complexity index is 734. The molecule has 6 nitrogen and oxygen atoms in total. The Hall–Kier alpha value is -3.09. The molecule has 0 aliphatic rings. The fourth-order valence-electron chi connectivity index (χ4n) is 1.89. The largest absolute Gasteiger partial charge is 0.493 e. The predicted octanol–water partition coefficient (Wildman–Crippen LogP) is 2.83. The summed E-state index contributed by atoms with van der Waals surface area (Å²) in [7, 11) is 3.04. The maximum absolute atomic E-state index is 13.0. The highest BCUT2D eigenvalue weighted by atomic mass is 19.1. The molecule has 0 saturated carbocycles. The van der Waals surface area contributed by atoms with Gasteiger partial charge in [0.1, 0.15) is 5.82 Å². The van der Waals surface area contributed by atoms with Gasteiger partial charge in [-0.25, -0.2) is 4.39 Å². The summed E-state index contributed by atoms with van der Waals surface area (Å²) in [5.41, 5.74) is 1.07. The summed E-state index contributed by atoms with van der Waals surface area (Å²) in [6.07, 6.45) is 1.33. The van der Waals surface area contributed by atoms with Gasteiger partial charge < -0.3 is 19.6 Å². The van der Waals surface area contributed by atoms with Crippen LogP contribution in [0, 0.1) is 5.82 Å². The first kappa shape index (κ1) is 17.3. The molecule has 0 aliphatic carbocycles. The van der Waals surface area contributed by atoms with Crippen molar-refractivity contribution in [1.82, 2.24) is 0 Å². The molecule has 1 amide bonds. The van der Waals surface area contributed by atoms with E-state index in [0.29, 0.717) is 22.7 Å². The minimum Gasteiger partial charge on any atom is -0.493 e. The number of carbonyl (C=O) groups is 1. The van der Waals surface area contributed by atoms with E-state index in [2.05, 4.69) is 10.5 Å². The van der Waals surface area contributed by atoms with E-state index in [9.17, 15) is 9.18 Å².